The molecule has 18 heavy (non-hydrogen) atoms. The molecule has 0 bridgehead atoms. The predicted molar refractivity (Wildman–Crippen MR) is 76.4 cm³/mol. The zero-order valence-electron chi connectivity index (χ0n) is 12.1. The van der Waals surface area contributed by atoms with Gasteiger partial charge in [0, 0.05) is 12.1 Å². The second-order valence-electron chi connectivity index (χ2n) is 5.02. The SMILES string of the molecule is CCCC(CN)(CCC)N(CC)Cc1ccco1. The highest BCUT2D eigenvalue weighted by molar-refractivity contribution is 5.01. The highest BCUT2D eigenvalue weighted by Crippen LogP contribution is 2.28. The average molecular weight is 252 g/mol. The van der Waals surface area contributed by atoms with Gasteiger partial charge in [0.15, 0.2) is 0 Å². The Morgan fingerprint density at radius 3 is 2.28 bits per heavy atom. The number of nitrogens with zero attached hydrogens (tertiary/aromatic N) is 1. The standard InChI is InChI=1S/C15H28N2O/c1-4-9-15(13-16,10-5-2)17(6-3)12-14-8-7-11-18-14/h7-8,11H,4-6,9-10,12-13,16H2,1-3H3. The maximum atomic E-state index is 6.11. The Kier molecular flexibility index (Phi) is 6.44. The molecule has 0 amide bonds. The fourth-order valence-electron chi connectivity index (χ4n) is 2.91. The first-order chi connectivity index (χ1) is 8.72. The Morgan fingerprint density at radius 2 is 1.89 bits per heavy atom. The van der Waals surface area contributed by atoms with Crippen LogP contribution in [0.3, 0.4) is 0 Å². The van der Waals surface area contributed by atoms with E-state index >= 15 is 0 Å². The van der Waals surface area contributed by atoms with Crippen molar-refractivity contribution in [2.24, 2.45) is 5.73 Å². The van der Waals surface area contributed by atoms with E-state index in [1.54, 1.807) is 6.26 Å². The van der Waals surface area contributed by atoms with E-state index < -0.39 is 0 Å². The van der Waals surface area contributed by atoms with E-state index in [0.717, 1.165) is 38.2 Å². The van der Waals surface area contributed by atoms with E-state index in [0.29, 0.717) is 0 Å². The summed E-state index contributed by atoms with van der Waals surface area (Å²) in [5.74, 6) is 1.03. The first-order valence-electron chi connectivity index (χ1n) is 7.20. The van der Waals surface area contributed by atoms with Crippen molar-refractivity contribution in [2.75, 3.05) is 13.1 Å². The first kappa shape index (κ1) is 15.3. The third-order valence-corrected chi connectivity index (χ3v) is 3.79. The van der Waals surface area contributed by atoms with Crippen LogP contribution in [-0.4, -0.2) is 23.5 Å². The first-order valence-corrected chi connectivity index (χ1v) is 7.20. The molecule has 1 heterocycles. The molecule has 3 heteroatoms. The van der Waals surface area contributed by atoms with Gasteiger partial charge in [-0.15, -0.1) is 0 Å². The zero-order chi connectivity index (χ0) is 13.4. The van der Waals surface area contributed by atoms with Gasteiger partial charge in [-0.05, 0) is 31.5 Å². The van der Waals surface area contributed by atoms with Crippen molar-refractivity contribution in [3.63, 3.8) is 0 Å². The number of hydrogen-bond donors (Lipinski definition) is 1. The van der Waals surface area contributed by atoms with Crippen molar-refractivity contribution in [3.05, 3.63) is 24.2 Å². The normalized spacial score (nSPS) is 12.3. The second-order valence-corrected chi connectivity index (χ2v) is 5.02. The van der Waals surface area contributed by atoms with Gasteiger partial charge in [-0.2, -0.15) is 0 Å². The lowest BCUT2D eigenvalue weighted by Crippen LogP contribution is -2.53. The fourth-order valence-corrected chi connectivity index (χ4v) is 2.91. The minimum Gasteiger partial charge on any atom is -0.468 e. The van der Waals surface area contributed by atoms with Crippen LogP contribution in [0.15, 0.2) is 22.8 Å². The van der Waals surface area contributed by atoms with Crippen LogP contribution in [0.2, 0.25) is 0 Å². The van der Waals surface area contributed by atoms with Gasteiger partial charge in [0.2, 0.25) is 0 Å². The van der Waals surface area contributed by atoms with Crippen LogP contribution in [0, 0.1) is 0 Å². The summed E-state index contributed by atoms with van der Waals surface area (Å²) in [7, 11) is 0. The molecule has 0 atom stereocenters. The van der Waals surface area contributed by atoms with Gasteiger partial charge >= 0.3 is 0 Å². The third kappa shape index (κ3) is 3.59. The summed E-state index contributed by atoms with van der Waals surface area (Å²) in [6, 6.07) is 3.99. The van der Waals surface area contributed by atoms with Crippen LogP contribution in [0.25, 0.3) is 0 Å². The Balaban J connectivity index is 2.84. The van der Waals surface area contributed by atoms with Crippen molar-refractivity contribution in [1.29, 1.82) is 0 Å². The topological polar surface area (TPSA) is 42.4 Å². The van der Waals surface area contributed by atoms with Crippen molar-refractivity contribution in [1.82, 2.24) is 4.90 Å². The van der Waals surface area contributed by atoms with Crippen LogP contribution in [0.1, 0.15) is 52.2 Å². The Morgan fingerprint density at radius 1 is 1.22 bits per heavy atom. The van der Waals surface area contributed by atoms with E-state index in [9.17, 15) is 0 Å². The van der Waals surface area contributed by atoms with Crippen LogP contribution >= 0.6 is 0 Å². The summed E-state index contributed by atoms with van der Waals surface area (Å²) in [5.41, 5.74) is 6.24. The van der Waals surface area contributed by atoms with Crippen LogP contribution in [-0.2, 0) is 6.54 Å². The van der Waals surface area contributed by atoms with Gasteiger partial charge in [-0.1, -0.05) is 33.6 Å². The minimum atomic E-state index is 0.130. The Hall–Kier alpha value is -0.800. The van der Waals surface area contributed by atoms with Crippen LogP contribution < -0.4 is 5.73 Å². The van der Waals surface area contributed by atoms with Crippen molar-refractivity contribution in [2.45, 2.75) is 58.5 Å². The lowest BCUT2D eigenvalue weighted by atomic mass is 9.86. The van der Waals surface area contributed by atoms with Crippen molar-refractivity contribution < 1.29 is 4.42 Å². The minimum absolute atomic E-state index is 0.130. The lowest BCUT2D eigenvalue weighted by Gasteiger charge is -2.43. The highest BCUT2D eigenvalue weighted by atomic mass is 16.3. The van der Waals surface area contributed by atoms with Gasteiger partial charge in [0.25, 0.3) is 0 Å². The zero-order valence-corrected chi connectivity index (χ0v) is 12.1. The molecule has 0 aliphatic heterocycles. The summed E-state index contributed by atoms with van der Waals surface area (Å²) < 4.78 is 5.48. The molecule has 0 aliphatic carbocycles. The molecule has 1 aromatic rings. The number of rotatable bonds is 9. The van der Waals surface area contributed by atoms with Gasteiger partial charge in [0.05, 0.1) is 12.8 Å². The lowest BCUT2D eigenvalue weighted by molar-refractivity contribution is 0.0653. The third-order valence-electron chi connectivity index (χ3n) is 3.79. The van der Waals surface area contributed by atoms with E-state index in [1.165, 1.54) is 12.8 Å². The van der Waals surface area contributed by atoms with Gasteiger partial charge in [0.1, 0.15) is 5.76 Å². The summed E-state index contributed by atoms with van der Waals surface area (Å²) in [5, 5.41) is 0. The van der Waals surface area contributed by atoms with E-state index in [4.69, 9.17) is 10.2 Å². The molecule has 0 aliphatic rings. The smallest absolute Gasteiger partial charge is 0.117 e. The molecule has 0 aromatic carbocycles. The quantitative estimate of drug-likeness (QED) is 0.732. The largest absolute Gasteiger partial charge is 0.468 e. The molecule has 0 saturated heterocycles. The number of likely N-dealkylation sites (N-methyl/N-ethyl adjacent to an activating group) is 1. The fraction of sp³-hybridized carbons (Fsp3) is 0.733. The Labute approximate surface area is 111 Å². The highest BCUT2D eigenvalue weighted by Gasteiger charge is 2.33. The molecule has 2 N–H and O–H groups in total. The summed E-state index contributed by atoms with van der Waals surface area (Å²) in [6.45, 7) is 9.28. The molecule has 0 saturated carbocycles. The number of nitrogens with two attached hydrogens (primary N) is 1. The molecule has 0 fully saturated rings. The molecule has 3 nitrogen and oxygen atoms in total. The van der Waals surface area contributed by atoms with Crippen molar-refractivity contribution in [3.8, 4) is 0 Å². The van der Waals surface area contributed by atoms with Crippen LogP contribution in [0.4, 0.5) is 0 Å². The van der Waals surface area contributed by atoms with E-state index in [1.807, 2.05) is 12.1 Å². The molecule has 0 unspecified atom stereocenters. The molecule has 0 radical (unpaired) electrons. The molecular formula is C15H28N2O. The van der Waals surface area contributed by atoms with Crippen molar-refractivity contribution >= 4 is 0 Å². The molecule has 0 spiro atoms. The van der Waals surface area contributed by atoms with E-state index in [-0.39, 0.29) is 5.54 Å². The second kappa shape index (κ2) is 7.59. The molecule has 1 rings (SSSR count). The average Bonchev–Trinajstić information content (AvgIpc) is 2.88. The van der Waals surface area contributed by atoms with Gasteiger partial charge in [-0.3, -0.25) is 4.90 Å². The van der Waals surface area contributed by atoms with E-state index in [2.05, 4.69) is 25.7 Å². The maximum absolute atomic E-state index is 6.11. The van der Waals surface area contributed by atoms with Gasteiger partial charge in [-0.25, -0.2) is 0 Å². The number of furan rings is 1. The summed E-state index contributed by atoms with van der Waals surface area (Å²) in [4.78, 5) is 2.48. The van der Waals surface area contributed by atoms with Crippen LogP contribution in [0.5, 0.6) is 0 Å². The number of hydrogen-bond acceptors (Lipinski definition) is 3. The van der Waals surface area contributed by atoms with Gasteiger partial charge < -0.3 is 10.2 Å². The summed E-state index contributed by atoms with van der Waals surface area (Å²) in [6.07, 6.45) is 6.41. The predicted octanol–water partition coefficient (Wildman–Crippen LogP) is 3.40. The summed E-state index contributed by atoms with van der Waals surface area (Å²) >= 11 is 0. The maximum Gasteiger partial charge on any atom is 0.117 e. The molecule has 104 valence electrons. The molecular weight excluding hydrogens is 224 g/mol. The monoisotopic (exact) mass is 252 g/mol. The molecule has 1 aromatic heterocycles. The Bertz CT molecular complexity index is 302.